The van der Waals surface area contributed by atoms with Crippen LogP contribution in [0, 0.1) is 0 Å². The zero-order chi connectivity index (χ0) is 10.8. The molecule has 1 aliphatic heterocycles. The highest BCUT2D eigenvalue weighted by Crippen LogP contribution is 2.17. The Balaban J connectivity index is 1.81. The second-order valence-electron chi connectivity index (χ2n) is 3.54. The molecule has 0 saturated carbocycles. The number of likely N-dealkylation sites (tertiary alicyclic amines) is 1. The molecular formula is C10H13N3O2. The van der Waals surface area contributed by atoms with Crippen molar-refractivity contribution < 1.29 is 9.53 Å². The number of rotatable bonds is 3. The first-order valence-corrected chi connectivity index (χ1v) is 4.75. The van der Waals surface area contributed by atoms with Gasteiger partial charge in [-0.1, -0.05) is 6.58 Å². The molecular weight excluding hydrogens is 194 g/mol. The Labute approximate surface area is 87.9 Å². The fraction of sp³-hybridized carbons (Fsp3) is 0.400. The monoisotopic (exact) mass is 207 g/mol. The van der Waals surface area contributed by atoms with E-state index in [1.807, 2.05) is 7.05 Å². The van der Waals surface area contributed by atoms with E-state index < -0.39 is 0 Å². The Morgan fingerprint density at radius 2 is 2.47 bits per heavy atom. The van der Waals surface area contributed by atoms with Crippen LogP contribution in [-0.4, -0.2) is 39.8 Å². The highest BCUT2D eigenvalue weighted by molar-refractivity contribution is 5.87. The SMILES string of the molecule is C=CC(=O)N1CC(Oc2cnn(C)c2)C1. The van der Waals surface area contributed by atoms with Crippen LogP contribution in [0.15, 0.2) is 25.0 Å². The molecule has 1 aliphatic rings. The summed E-state index contributed by atoms with van der Waals surface area (Å²) in [5.74, 6) is 0.703. The molecule has 2 rings (SSSR count). The van der Waals surface area contributed by atoms with Gasteiger partial charge >= 0.3 is 0 Å². The van der Waals surface area contributed by atoms with E-state index in [0.717, 1.165) is 5.75 Å². The van der Waals surface area contributed by atoms with Crippen LogP contribution in [0.2, 0.25) is 0 Å². The number of ether oxygens (including phenoxy) is 1. The molecule has 1 aromatic rings. The molecule has 15 heavy (non-hydrogen) atoms. The minimum absolute atomic E-state index is 0.0407. The number of aromatic nitrogens is 2. The van der Waals surface area contributed by atoms with E-state index in [-0.39, 0.29) is 12.0 Å². The normalized spacial score (nSPS) is 15.9. The Hall–Kier alpha value is -1.78. The molecule has 1 aromatic heterocycles. The standard InChI is InChI=1S/C10H13N3O2/c1-3-10(14)13-6-9(7-13)15-8-4-11-12(2)5-8/h3-5,9H,1,6-7H2,2H3. The van der Waals surface area contributed by atoms with Crippen molar-refractivity contribution >= 4 is 5.91 Å². The largest absolute Gasteiger partial charge is 0.483 e. The van der Waals surface area contributed by atoms with E-state index in [1.54, 1.807) is 22.0 Å². The molecule has 0 spiro atoms. The minimum atomic E-state index is -0.0407. The maximum absolute atomic E-state index is 11.1. The van der Waals surface area contributed by atoms with Crippen LogP contribution in [-0.2, 0) is 11.8 Å². The average Bonchev–Trinajstić information content (AvgIpc) is 2.56. The van der Waals surface area contributed by atoms with Crippen LogP contribution in [0.3, 0.4) is 0 Å². The molecule has 80 valence electrons. The van der Waals surface area contributed by atoms with Gasteiger partial charge in [-0.2, -0.15) is 5.10 Å². The summed E-state index contributed by atoms with van der Waals surface area (Å²) in [5, 5.41) is 3.99. The van der Waals surface area contributed by atoms with Crippen molar-refractivity contribution in [2.45, 2.75) is 6.10 Å². The number of nitrogens with zero attached hydrogens (tertiary/aromatic N) is 3. The molecule has 5 nitrogen and oxygen atoms in total. The maximum atomic E-state index is 11.1. The molecule has 0 bridgehead atoms. The van der Waals surface area contributed by atoms with Crippen molar-refractivity contribution in [3.8, 4) is 5.75 Å². The number of carbonyl (C=O) groups excluding carboxylic acids is 1. The maximum Gasteiger partial charge on any atom is 0.246 e. The van der Waals surface area contributed by atoms with Crippen LogP contribution in [0.1, 0.15) is 0 Å². The van der Waals surface area contributed by atoms with Gasteiger partial charge in [0.05, 0.1) is 25.5 Å². The summed E-state index contributed by atoms with van der Waals surface area (Å²) >= 11 is 0. The van der Waals surface area contributed by atoms with Gasteiger partial charge in [0, 0.05) is 7.05 Å². The summed E-state index contributed by atoms with van der Waals surface area (Å²) in [6, 6.07) is 0. The van der Waals surface area contributed by atoms with Crippen molar-refractivity contribution in [1.29, 1.82) is 0 Å². The molecule has 1 amide bonds. The fourth-order valence-corrected chi connectivity index (χ4v) is 1.47. The molecule has 0 atom stereocenters. The summed E-state index contributed by atoms with van der Waals surface area (Å²) < 4.78 is 7.27. The summed E-state index contributed by atoms with van der Waals surface area (Å²) in [7, 11) is 1.83. The number of amides is 1. The lowest BCUT2D eigenvalue weighted by Crippen LogP contribution is -2.55. The topological polar surface area (TPSA) is 47.4 Å². The third-order valence-electron chi connectivity index (χ3n) is 2.32. The number of carbonyl (C=O) groups is 1. The molecule has 0 aromatic carbocycles. The average molecular weight is 207 g/mol. The molecule has 0 unspecified atom stereocenters. The lowest BCUT2D eigenvalue weighted by Gasteiger charge is -2.37. The lowest BCUT2D eigenvalue weighted by atomic mass is 10.1. The molecule has 5 heteroatoms. The van der Waals surface area contributed by atoms with Gasteiger partial charge in [-0.25, -0.2) is 0 Å². The summed E-state index contributed by atoms with van der Waals surface area (Å²) in [4.78, 5) is 12.8. The van der Waals surface area contributed by atoms with Crippen molar-refractivity contribution in [3.05, 3.63) is 25.0 Å². The molecule has 0 N–H and O–H groups in total. The van der Waals surface area contributed by atoms with Crippen molar-refractivity contribution in [2.24, 2.45) is 7.05 Å². The first-order valence-electron chi connectivity index (χ1n) is 4.75. The van der Waals surface area contributed by atoms with Crippen LogP contribution < -0.4 is 4.74 Å². The van der Waals surface area contributed by atoms with Crippen molar-refractivity contribution in [2.75, 3.05) is 13.1 Å². The predicted octanol–water partition coefficient (Wildman–Crippen LogP) is 0.196. The van der Waals surface area contributed by atoms with Gasteiger partial charge in [0.2, 0.25) is 5.91 Å². The van der Waals surface area contributed by atoms with Gasteiger partial charge in [0.1, 0.15) is 6.10 Å². The second kappa shape index (κ2) is 3.76. The first kappa shape index (κ1) is 9.76. The number of aryl methyl sites for hydroxylation is 1. The van der Waals surface area contributed by atoms with Crippen LogP contribution >= 0.6 is 0 Å². The van der Waals surface area contributed by atoms with E-state index in [0.29, 0.717) is 13.1 Å². The van der Waals surface area contributed by atoms with Gasteiger partial charge in [0.25, 0.3) is 0 Å². The third-order valence-corrected chi connectivity index (χ3v) is 2.32. The molecule has 0 radical (unpaired) electrons. The zero-order valence-corrected chi connectivity index (χ0v) is 8.59. The van der Waals surface area contributed by atoms with Crippen LogP contribution in [0.25, 0.3) is 0 Å². The predicted molar refractivity (Wildman–Crippen MR) is 54.4 cm³/mol. The van der Waals surface area contributed by atoms with E-state index in [1.165, 1.54) is 6.08 Å². The Bertz CT molecular complexity index is 380. The fourth-order valence-electron chi connectivity index (χ4n) is 1.47. The summed E-state index contributed by atoms with van der Waals surface area (Å²) in [5.41, 5.74) is 0. The molecule has 1 fully saturated rings. The quantitative estimate of drug-likeness (QED) is 0.665. The Kier molecular flexibility index (Phi) is 2.45. The highest BCUT2D eigenvalue weighted by Gasteiger charge is 2.30. The molecule has 0 aliphatic carbocycles. The number of hydrogen-bond acceptors (Lipinski definition) is 3. The van der Waals surface area contributed by atoms with Gasteiger partial charge in [-0.05, 0) is 6.08 Å². The van der Waals surface area contributed by atoms with Crippen molar-refractivity contribution in [1.82, 2.24) is 14.7 Å². The first-order chi connectivity index (χ1) is 7.19. The summed E-state index contributed by atoms with van der Waals surface area (Å²) in [6.45, 7) is 4.68. The second-order valence-corrected chi connectivity index (χ2v) is 3.54. The molecule has 1 saturated heterocycles. The van der Waals surface area contributed by atoms with Crippen LogP contribution in [0.5, 0.6) is 5.75 Å². The lowest BCUT2D eigenvalue weighted by molar-refractivity contribution is -0.134. The van der Waals surface area contributed by atoms with Gasteiger partial charge in [-0.3, -0.25) is 9.48 Å². The number of hydrogen-bond donors (Lipinski definition) is 0. The van der Waals surface area contributed by atoms with Crippen molar-refractivity contribution in [3.63, 3.8) is 0 Å². The van der Waals surface area contributed by atoms with E-state index in [9.17, 15) is 4.79 Å². The smallest absolute Gasteiger partial charge is 0.246 e. The van der Waals surface area contributed by atoms with E-state index in [2.05, 4.69) is 11.7 Å². The van der Waals surface area contributed by atoms with Gasteiger partial charge < -0.3 is 9.64 Å². The van der Waals surface area contributed by atoms with Gasteiger partial charge in [0.15, 0.2) is 5.75 Å². The zero-order valence-electron chi connectivity index (χ0n) is 8.59. The van der Waals surface area contributed by atoms with E-state index in [4.69, 9.17) is 4.74 Å². The minimum Gasteiger partial charge on any atom is -0.483 e. The summed E-state index contributed by atoms with van der Waals surface area (Å²) in [6.07, 6.45) is 4.87. The van der Waals surface area contributed by atoms with E-state index >= 15 is 0 Å². The van der Waals surface area contributed by atoms with Crippen LogP contribution in [0.4, 0.5) is 0 Å². The van der Waals surface area contributed by atoms with Gasteiger partial charge in [-0.15, -0.1) is 0 Å². The molecule has 2 heterocycles. The Morgan fingerprint density at radius 1 is 1.73 bits per heavy atom. The highest BCUT2D eigenvalue weighted by atomic mass is 16.5. The third kappa shape index (κ3) is 2.01. The Morgan fingerprint density at radius 3 is 3.00 bits per heavy atom.